The second-order valence-corrected chi connectivity index (χ2v) is 11.2. The standard InChI is InChI=1S/C26H35F3N4O2/c1-25(2,3)13-23(34)33-15-20(21(16-33)24(35)31(4)5)17-8-10-32(11-9-17)19-7-6-18(14-30)22(12-19)26(27,28)29/h6-7,12,17,20-21H,8-11,13,15-16H2,1-5H3/t20-,21+/m0/s1. The molecule has 1 aromatic carbocycles. The Hall–Kier alpha value is -2.76. The highest BCUT2D eigenvalue weighted by Crippen LogP contribution is 2.39. The van der Waals surface area contributed by atoms with E-state index < -0.39 is 11.7 Å². The molecule has 0 aliphatic carbocycles. The predicted octanol–water partition coefficient (Wildman–Crippen LogP) is 4.39. The molecule has 0 radical (unpaired) electrons. The molecule has 2 aliphatic rings. The van der Waals surface area contributed by atoms with Gasteiger partial charge >= 0.3 is 6.18 Å². The van der Waals surface area contributed by atoms with Crippen molar-refractivity contribution in [1.82, 2.24) is 9.80 Å². The van der Waals surface area contributed by atoms with Crippen LogP contribution in [0.15, 0.2) is 18.2 Å². The second-order valence-electron chi connectivity index (χ2n) is 11.2. The Balaban J connectivity index is 1.74. The number of carbonyl (C=O) groups is 2. The van der Waals surface area contributed by atoms with E-state index in [0.29, 0.717) is 38.3 Å². The monoisotopic (exact) mass is 492 g/mol. The molecule has 2 aliphatic heterocycles. The summed E-state index contributed by atoms with van der Waals surface area (Å²) in [5, 5.41) is 9.05. The summed E-state index contributed by atoms with van der Waals surface area (Å²) >= 11 is 0. The summed E-state index contributed by atoms with van der Waals surface area (Å²) in [4.78, 5) is 31.2. The van der Waals surface area contributed by atoms with E-state index in [1.54, 1.807) is 31.1 Å². The number of nitrogens with zero attached hydrogens (tertiary/aromatic N) is 4. The third-order valence-corrected chi connectivity index (χ3v) is 7.10. The minimum absolute atomic E-state index is 0.0189. The average Bonchev–Trinajstić information content (AvgIpc) is 3.22. The van der Waals surface area contributed by atoms with Gasteiger partial charge in [0, 0.05) is 52.4 Å². The van der Waals surface area contributed by atoms with Crippen LogP contribution in [0.4, 0.5) is 18.9 Å². The summed E-state index contributed by atoms with van der Waals surface area (Å²) in [6.07, 6.45) is -2.72. The predicted molar refractivity (Wildman–Crippen MR) is 127 cm³/mol. The number of amides is 2. The van der Waals surface area contributed by atoms with Crippen molar-refractivity contribution >= 4 is 17.5 Å². The Labute approximate surface area is 205 Å². The second kappa shape index (κ2) is 10.1. The molecule has 192 valence electrons. The molecule has 6 nitrogen and oxygen atoms in total. The lowest BCUT2D eigenvalue weighted by atomic mass is 9.78. The van der Waals surface area contributed by atoms with Crippen molar-refractivity contribution in [2.75, 3.05) is 45.2 Å². The van der Waals surface area contributed by atoms with Gasteiger partial charge in [0.25, 0.3) is 0 Å². The topological polar surface area (TPSA) is 67.7 Å². The first-order chi connectivity index (χ1) is 16.2. The summed E-state index contributed by atoms with van der Waals surface area (Å²) < 4.78 is 40.2. The van der Waals surface area contributed by atoms with Gasteiger partial charge in [0.1, 0.15) is 0 Å². The number of alkyl halides is 3. The van der Waals surface area contributed by atoms with Gasteiger partial charge in [-0.3, -0.25) is 9.59 Å². The molecular weight excluding hydrogens is 457 g/mol. The Morgan fingerprint density at radius 1 is 1.11 bits per heavy atom. The Bertz CT molecular complexity index is 986. The zero-order valence-electron chi connectivity index (χ0n) is 21.2. The van der Waals surface area contributed by atoms with Crippen molar-refractivity contribution in [1.29, 1.82) is 5.26 Å². The highest BCUT2D eigenvalue weighted by molar-refractivity contribution is 5.82. The minimum atomic E-state index is -4.59. The number of hydrogen-bond acceptors (Lipinski definition) is 4. The van der Waals surface area contributed by atoms with Gasteiger partial charge in [-0.25, -0.2) is 0 Å². The van der Waals surface area contributed by atoms with E-state index in [2.05, 4.69) is 0 Å². The SMILES string of the molecule is CN(C)C(=O)[C@@H]1CN(C(=O)CC(C)(C)C)C[C@H]1C1CCN(c2ccc(C#N)c(C(F)(F)F)c2)CC1. The van der Waals surface area contributed by atoms with Gasteiger partial charge in [0.05, 0.1) is 23.1 Å². The maximum absolute atomic E-state index is 13.4. The molecule has 0 saturated carbocycles. The number of nitriles is 1. The maximum Gasteiger partial charge on any atom is 0.417 e. The van der Waals surface area contributed by atoms with Crippen LogP contribution in [0, 0.1) is 34.5 Å². The first-order valence-electron chi connectivity index (χ1n) is 12.1. The fourth-order valence-corrected chi connectivity index (χ4v) is 5.32. The molecule has 1 aromatic rings. The molecule has 2 saturated heterocycles. The molecule has 0 aromatic heterocycles. The van der Waals surface area contributed by atoms with Crippen LogP contribution in [0.1, 0.15) is 51.2 Å². The van der Waals surface area contributed by atoms with Crippen LogP contribution in [0.3, 0.4) is 0 Å². The van der Waals surface area contributed by atoms with E-state index in [0.717, 1.165) is 18.9 Å². The van der Waals surface area contributed by atoms with Crippen LogP contribution in [-0.4, -0.2) is 61.9 Å². The number of rotatable bonds is 4. The van der Waals surface area contributed by atoms with E-state index in [1.807, 2.05) is 30.6 Å². The van der Waals surface area contributed by atoms with Crippen LogP contribution in [0.25, 0.3) is 0 Å². The van der Waals surface area contributed by atoms with Gasteiger partial charge in [-0.1, -0.05) is 20.8 Å². The summed E-state index contributed by atoms with van der Waals surface area (Å²) in [6, 6.07) is 5.47. The summed E-state index contributed by atoms with van der Waals surface area (Å²) in [5.74, 6) is 0.0459. The lowest BCUT2D eigenvalue weighted by Crippen LogP contribution is -2.41. The molecule has 9 heteroatoms. The third-order valence-electron chi connectivity index (χ3n) is 7.10. The summed E-state index contributed by atoms with van der Waals surface area (Å²) in [6.45, 7) is 8.13. The number of anilines is 1. The number of carbonyl (C=O) groups excluding carboxylic acids is 2. The number of hydrogen-bond donors (Lipinski definition) is 0. The lowest BCUT2D eigenvalue weighted by molar-refractivity contribution is -0.138. The summed E-state index contributed by atoms with van der Waals surface area (Å²) in [5.41, 5.74) is -0.992. The van der Waals surface area contributed by atoms with Gasteiger partial charge in [-0.15, -0.1) is 0 Å². The molecule has 0 unspecified atom stereocenters. The highest BCUT2D eigenvalue weighted by atomic mass is 19.4. The third kappa shape index (κ3) is 6.28. The smallest absolute Gasteiger partial charge is 0.372 e. The Kier molecular flexibility index (Phi) is 7.73. The first kappa shape index (κ1) is 26.8. The van der Waals surface area contributed by atoms with Crippen molar-refractivity contribution < 1.29 is 22.8 Å². The van der Waals surface area contributed by atoms with E-state index in [9.17, 15) is 22.8 Å². The minimum Gasteiger partial charge on any atom is -0.372 e. The molecule has 2 heterocycles. The van der Waals surface area contributed by atoms with E-state index in [4.69, 9.17) is 5.26 Å². The Morgan fingerprint density at radius 3 is 2.26 bits per heavy atom. The molecule has 0 N–H and O–H groups in total. The van der Waals surface area contributed by atoms with Crippen molar-refractivity contribution in [3.8, 4) is 6.07 Å². The molecule has 2 amide bonds. The van der Waals surface area contributed by atoms with Crippen LogP contribution in [0.5, 0.6) is 0 Å². The zero-order valence-corrected chi connectivity index (χ0v) is 21.2. The maximum atomic E-state index is 13.4. The first-order valence-corrected chi connectivity index (χ1v) is 12.1. The van der Waals surface area contributed by atoms with Crippen LogP contribution in [0.2, 0.25) is 0 Å². The van der Waals surface area contributed by atoms with Gasteiger partial charge in [-0.2, -0.15) is 18.4 Å². The fraction of sp³-hybridized carbons (Fsp3) is 0.654. The van der Waals surface area contributed by atoms with Crippen molar-refractivity contribution in [3.63, 3.8) is 0 Å². The number of piperidine rings is 1. The largest absolute Gasteiger partial charge is 0.417 e. The van der Waals surface area contributed by atoms with Gasteiger partial charge in [0.15, 0.2) is 0 Å². The molecule has 2 fully saturated rings. The highest BCUT2D eigenvalue weighted by Gasteiger charge is 2.45. The van der Waals surface area contributed by atoms with E-state index >= 15 is 0 Å². The molecule has 0 spiro atoms. The fourth-order valence-electron chi connectivity index (χ4n) is 5.32. The van der Waals surface area contributed by atoms with Crippen LogP contribution >= 0.6 is 0 Å². The lowest BCUT2D eigenvalue weighted by Gasteiger charge is -2.38. The van der Waals surface area contributed by atoms with Crippen molar-refractivity contribution in [2.45, 2.75) is 46.2 Å². The van der Waals surface area contributed by atoms with E-state index in [-0.39, 0.29) is 40.5 Å². The van der Waals surface area contributed by atoms with Gasteiger partial charge in [-0.05, 0) is 48.3 Å². The zero-order chi connectivity index (χ0) is 26.1. The quantitative estimate of drug-likeness (QED) is 0.625. The molecule has 2 atom stereocenters. The molecule has 35 heavy (non-hydrogen) atoms. The van der Waals surface area contributed by atoms with Crippen LogP contribution < -0.4 is 4.90 Å². The molecule has 0 bridgehead atoms. The molecule has 3 rings (SSSR count). The number of likely N-dealkylation sites (tertiary alicyclic amines) is 1. The van der Waals surface area contributed by atoms with Gasteiger partial charge in [0.2, 0.25) is 11.8 Å². The van der Waals surface area contributed by atoms with Crippen LogP contribution in [-0.2, 0) is 15.8 Å². The van der Waals surface area contributed by atoms with Crippen molar-refractivity contribution in [3.05, 3.63) is 29.3 Å². The normalized spacial score (nSPS) is 21.7. The van der Waals surface area contributed by atoms with Crippen molar-refractivity contribution in [2.24, 2.45) is 23.2 Å². The number of halogens is 3. The average molecular weight is 493 g/mol. The molecular formula is C26H35F3N4O2. The number of benzene rings is 1. The van der Waals surface area contributed by atoms with E-state index in [1.165, 1.54) is 6.07 Å². The Morgan fingerprint density at radius 2 is 1.74 bits per heavy atom. The summed E-state index contributed by atoms with van der Waals surface area (Å²) in [7, 11) is 3.45. The van der Waals surface area contributed by atoms with Gasteiger partial charge < -0.3 is 14.7 Å².